The summed E-state index contributed by atoms with van der Waals surface area (Å²) in [4.78, 5) is 59.6. The molecule has 0 radical (unpaired) electrons. The number of aliphatic hydroxyl groups excluding tert-OH is 1. The van der Waals surface area contributed by atoms with Crippen molar-refractivity contribution in [2.75, 3.05) is 13.1 Å². The molecule has 2 aromatic carbocycles. The number of piperidine rings is 1. The van der Waals surface area contributed by atoms with Gasteiger partial charge in [-0.05, 0) is 69.4 Å². The van der Waals surface area contributed by atoms with Gasteiger partial charge in [-0.15, -0.1) is 0 Å². The number of amides is 4. The molecule has 11 nitrogen and oxygen atoms in total. The molecule has 1 saturated heterocycles. The fraction of sp³-hybridized carbons (Fsp3) is 0.500. The number of carbonyl (C=O) groups is 4. The second kappa shape index (κ2) is 15.9. The van der Waals surface area contributed by atoms with Crippen molar-refractivity contribution < 1.29 is 36.6 Å². The first-order valence-corrected chi connectivity index (χ1v) is 16.6. The minimum absolute atomic E-state index is 0.00402. The van der Waals surface area contributed by atoms with Gasteiger partial charge in [0.2, 0.25) is 17.7 Å². The summed E-state index contributed by atoms with van der Waals surface area (Å²) in [7, 11) is 0. The predicted molar refractivity (Wildman–Crippen MR) is 188 cm³/mol. The summed E-state index contributed by atoms with van der Waals surface area (Å²) in [6.07, 6.45) is 1.53. The van der Waals surface area contributed by atoms with Crippen LogP contribution < -0.4 is 21.7 Å². The number of nitrogens with zero attached hydrogens (tertiary/aromatic N) is 2. The van der Waals surface area contributed by atoms with E-state index in [4.69, 9.17) is 18.1 Å². The Morgan fingerprint density at radius 3 is 2.43 bits per heavy atom. The topological polar surface area (TPSA) is 167 Å². The fourth-order valence-corrected chi connectivity index (χ4v) is 7.08. The van der Waals surface area contributed by atoms with E-state index in [2.05, 4.69) is 15.6 Å². The highest BCUT2D eigenvalue weighted by atomic mass is 16.3. The van der Waals surface area contributed by atoms with Gasteiger partial charge in [0.05, 0.1) is 30.1 Å². The van der Waals surface area contributed by atoms with Crippen molar-refractivity contribution >= 4 is 34.5 Å². The van der Waals surface area contributed by atoms with Gasteiger partial charge < -0.3 is 26.8 Å². The summed E-state index contributed by atoms with van der Waals surface area (Å²) in [6.45, 7) is -11.0. The molecule has 4 amide bonds. The van der Waals surface area contributed by atoms with Crippen LogP contribution in [0.4, 0.5) is 0 Å². The zero-order valence-electron chi connectivity index (χ0n) is 36.2. The van der Waals surface area contributed by atoms with Gasteiger partial charge in [-0.2, -0.15) is 0 Å². The lowest BCUT2D eigenvalue weighted by molar-refractivity contribution is -0.133. The molecule has 1 aromatic heterocycles. The molecule has 11 heteroatoms. The van der Waals surface area contributed by atoms with Crippen molar-refractivity contribution in [1.29, 1.82) is 0 Å². The van der Waals surface area contributed by atoms with Crippen LogP contribution in [-0.2, 0) is 20.8 Å². The Hall–Kier alpha value is -4.35. The van der Waals surface area contributed by atoms with Crippen LogP contribution in [0.5, 0.6) is 0 Å². The summed E-state index contributed by atoms with van der Waals surface area (Å²) in [5.41, 5.74) is 3.11. The quantitative estimate of drug-likeness (QED) is 0.196. The summed E-state index contributed by atoms with van der Waals surface area (Å²) < 4.78 is 72.4. The predicted octanol–water partition coefficient (Wildman–Crippen LogP) is 3.09. The van der Waals surface area contributed by atoms with Crippen molar-refractivity contribution in [3.8, 4) is 0 Å². The molecular weight excluding hydrogens is 620 g/mol. The average molecular weight is 680 g/mol. The van der Waals surface area contributed by atoms with Crippen molar-refractivity contribution in [2.45, 2.75) is 95.3 Å². The maximum atomic E-state index is 14.2. The van der Waals surface area contributed by atoms with E-state index in [1.165, 1.54) is 6.07 Å². The van der Waals surface area contributed by atoms with Gasteiger partial charge in [0, 0.05) is 36.4 Å². The van der Waals surface area contributed by atoms with Crippen LogP contribution in [0, 0.1) is 11.8 Å². The first kappa shape index (κ1) is 25.6. The standard InChI is InChI=1S/C38H50N6O5/c1-38(2,3)43-37(49)32-20-26-14-7-8-15-27(26)22-44(32)23-33(45)30(19-24-11-5-4-6-12-24)41-36(48)31(21-34(39)46)42-35(47)29-18-17-25-13-9-10-16-28(25)40-29/h4-6,9-13,16-18,26-27,30-33,45H,7-8,14-15,19-23H2,1-3H3,(H2,39,46)(H,41,48)(H,42,47)(H,43,49)/t26-,27+,30-,31-,32-,33+/m0/s1/i1D3,2D3,3D3. The molecule has 0 bridgehead atoms. The SMILES string of the molecule is [2H]C([2H])([2H])C(NC(=O)[C@@H]1C[C@@H]2CCCC[C@@H]2CN1C[C@@H](O)[C@H](Cc1ccccc1)NC(=O)[C@H](CC(N)=O)NC(=O)c1ccc2ccccc2n1)(C([2H])([2H])[2H])C([2H])([2H])[2H]. The number of fused-ring (bicyclic) bond motifs is 2. The number of likely N-dealkylation sites (tertiary alicyclic amines) is 1. The number of para-hydroxylation sites is 1. The second-order valence-electron chi connectivity index (χ2n) is 13.2. The van der Waals surface area contributed by atoms with Gasteiger partial charge in [-0.25, -0.2) is 4.98 Å². The van der Waals surface area contributed by atoms with Crippen molar-refractivity contribution in [3.05, 3.63) is 78.0 Å². The fourth-order valence-electron chi connectivity index (χ4n) is 7.08. The Kier molecular flexibility index (Phi) is 8.31. The van der Waals surface area contributed by atoms with Crippen LogP contribution >= 0.6 is 0 Å². The Morgan fingerprint density at radius 1 is 0.980 bits per heavy atom. The number of hydrogen-bond donors (Lipinski definition) is 5. The number of pyridine rings is 1. The monoisotopic (exact) mass is 679 g/mol. The van der Waals surface area contributed by atoms with Crippen molar-refractivity contribution in [1.82, 2.24) is 25.8 Å². The lowest BCUT2D eigenvalue weighted by Gasteiger charge is -2.47. The number of hydrogen-bond acceptors (Lipinski definition) is 7. The smallest absolute Gasteiger partial charge is 0.270 e. The number of β-amino-alcohol motifs (C(OH)–C–C–N with tert-alkyl or cyclic N) is 1. The summed E-state index contributed by atoms with van der Waals surface area (Å²) >= 11 is 0. The highest BCUT2D eigenvalue weighted by Crippen LogP contribution is 2.39. The summed E-state index contributed by atoms with van der Waals surface area (Å²) in [5.74, 6) is -3.53. The molecule has 6 N–H and O–H groups in total. The van der Waals surface area contributed by atoms with E-state index in [0.717, 1.165) is 31.1 Å². The van der Waals surface area contributed by atoms with Crippen LogP contribution in [0.2, 0.25) is 0 Å². The minimum atomic E-state index is -3.67. The molecule has 1 saturated carbocycles. The zero-order valence-corrected chi connectivity index (χ0v) is 27.2. The van der Waals surface area contributed by atoms with Gasteiger partial charge in [0.25, 0.3) is 5.91 Å². The maximum Gasteiger partial charge on any atom is 0.270 e. The Labute approximate surface area is 301 Å². The molecular formula is C38H50N6O5. The number of aliphatic hydroxyl groups is 1. The molecule has 1 aliphatic heterocycles. The molecule has 2 aliphatic rings. The van der Waals surface area contributed by atoms with E-state index in [-0.39, 0.29) is 43.5 Å². The zero-order chi connectivity index (χ0) is 42.6. The molecule has 2 heterocycles. The number of nitrogens with one attached hydrogen (secondary N) is 3. The summed E-state index contributed by atoms with van der Waals surface area (Å²) in [6, 6.07) is 15.3. The molecule has 6 atom stereocenters. The molecule has 0 unspecified atom stereocenters. The number of rotatable bonds is 12. The summed E-state index contributed by atoms with van der Waals surface area (Å²) in [5, 5.41) is 20.0. The van der Waals surface area contributed by atoms with Gasteiger partial charge >= 0.3 is 0 Å². The highest BCUT2D eigenvalue weighted by Gasteiger charge is 2.42. The van der Waals surface area contributed by atoms with Crippen LogP contribution in [0.25, 0.3) is 10.9 Å². The normalized spacial score (nSPS) is 25.0. The van der Waals surface area contributed by atoms with Crippen LogP contribution in [0.15, 0.2) is 66.7 Å². The molecule has 49 heavy (non-hydrogen) atoms. The van der Waals surface area contributed by atoms with Crippen molar-refractivity contribution in [2.24, 2.45) is 17.6 Å². The molecule has 1 aliphatic carbocycles. The number of primary amides is 1. The molecule has 262 valence electrons. The van der Waals surface area contributed by atoms with Gasteiger partial charge in [0.15, 0.2) is 0 Å². The molecule has 2 fully saturated rings. The van der Waals surface area contributed by atoms with Crippen molar-refractivity contribution in [3.63, 3.8) is 0 Å². The lowest BCUT2D eigenvalue weighted by Crippen LogP contribution is -2.61. The van der Waals surface area contributed by atoms with E-state index < -0.39 is 80.4 Å². The average Bonchev–Trinajstić information content (AvgIpc) is 3.14. The third kappa shape index (κ3) is 9.86. The van der Waals surface area contributed by atoms with Crippen LogP contribution in [0.1, 0.15) is 87.5 Å². The Bertz CT molecular complexity index is 1910. The first-order valence-electron chi connectivity index (χ1n) is 21.1. The maximum absolute atomic E-state index is 14.2. The minimum Gasteiger partial charge on any atom is -0.390 e. The largest absolute Gasteiger partial charge is 0.390 e. The first-order chi connectivity index (χ1) is 27.1. The lowest BCUT2D eigenvalue weighted by atomic mass is 9.72. The Morgan fingerprint density at radius 2 is 1.69 bits per heavy atom. The Balaban J connectivity index is 1.43. The van der Waals surface area contributed by atoms with E-state index in [1.54, 1.807) is 53.4 Å². The number of benzene rings is 2. The van der Waals surface area contributed by atoms with Gasteiger partial charge in [-0.3, -0.25) is 24.1 Å². The van der Waals surface area contributed by atoms with E-state index >= 15 is 0 Å². The third-order valence-electron chi connectivity index (χ3n) is 9.49. The van der Waals surface area contributed by atoms with Gasteiger partial charge in [-0.1, -0.05) is 73.9 Å². The van der Waals surface area contributed by atoms with Crippen LogP contribution in [-0.4, -0.2) is 81.5 Å². The number of aromatic nitrogens is 1. The number of carbonyl (C=O) groups excluding carboxylic acids is 4. The molecule has 0 spiro atoms. The highest BCUT2D eigenvalue weighted by molar-refractivity contribution is 5.99. The van der Waals surface area contributed by atoms with E-state index in [1.807, 2.05) is 17.4 Å². The van der Waals surface area contributed by atoms with E-state index in [9.17, 15) is 24.3 Å². The van der Waals surface area contributed by atoms with Gasteiger partial charge in [0.1, 0.15) is 11.7 Å². The number of nitrogens with two attached hydrogens (primary N) is 1. The van der Waals surface area contributed by atoms with E-state index in [0.29, 0.717) is 11.1 Å². The second-order valence-corrected chi connectivity index (χ2v) is 13.2. The molecule has 5 rings (SSSR count). The molecule has 3 aromatic rings. The third-order valence-corrected chi connectivity index (χ3v) is 9.49. The van der Waals surface area contributed by atoms with Crippen LogP contribution in [0.3, 0.4) is 0 Å².